The molecule has 0 aliphatic heterocycles. The van der Waals surface area contributed by atoms with Gasteiger partial charge in [0.2, 0.25) is 0 Å². The summed E-state index contributed by atoms with van der Waals surface area (Å²) in [5, 5.41) is 0. The largest absolute Gasteiger partial charge is 0.324 e. The highest BCUT2D eigenvalue weighted by atomic mass is 79.9. The summed E-state index contributed by atoms with van der Waals surface area (Å²) in [5.74, 6) is 2.00. The molecule has 0 amide bonds. The Kier molecular flexibility index (Phi) is 4.04. The molecule has 1 fully saturated rings. The van der Waals surface area contributed by atoms with E-state index in [1.807, 2.05) is 0 Å². The molecule has 20 heavy (non-hydrogen) atoms. The summed E-state index contributed by atoms with van der Waals surface area (Å²) < 4.78 is 16.5. The lowest BCUT2D eigenvalue weighted by molar-refractivity contribution is 0.596. The molecule has 0 radical (unpaired) electrons. The molecule has 108 valence electrons. The van der Waals surface area contributed by atoms with Crippen LogP contribution in [0.2, 0.25) is 0 Å². The van der Waals surface area contributed by atoms with Gasteiger partial charge in [0.05, 0.1) is 15.5 Å². The smallest absolute Gasteiger partial charge is 0.139 e. The molecule has 1 aliphatic carbocycles. The first kappa shape index (κ1) is 14.3. The molecule has 2 nitrogen and oxygen atoms in total. The first-order valence-corrected chi connectivity index (χ1v) is 8.40. The summed E-state index contributed by atoms with van der Waals surface area (Å²) in [6.45, 7) is 2.21. The van der Waals surface area contributed by atoms with Crippen molar-refractivity contribution >= 4 is 38.6 Å². The third kappa shape index (κ3) is 2.48. The maximum absolute atomic E-state index is 13.8. The molecule has 1 heterocycles. The van der Waals surface area contributed by atoms with Gasteiger partial charge >= 0.3 is 0 Å². The van der Waals surface area contributed by atoms with Gasteiger partial charge in [0.15, 0.2) is 0 Å². The van der Waals surface area contributed by atoms with E-state index in [9.17, 15) is 4.39 Å². The Morgan fingerprint density at radius 3 is 3.00 bits per heavy atom. The molecule has 5 heteroatoms. The van der Waals surface area contributed by atoms with Crippen LogP contribution in [-0.4, -0.2) is 15.4 Å². The Bertz CT molecular complexity index is 640. The van der Waals surface area contributed by atoms with Crippen molar-refractivity contribution in [2.24, 2.45) is 5.92 Å². The third-order valence-electron chi connectivity index (χ3n) is 4.00. The minimum Gasteiger partial charge on any atom is -0.324 e. The zero-order valence-electron chi connectivity index (χ0n) is 11.4. The minimum absolute atomic E-state index is 0.233. The van der Waals surface area contributed by atoms with Gasteiger partial charge in [-0.3, -0.25) is 0 Å². The molecule has 3 rings (SSSR count). The monoisotopic (exact) mass is 358 g/mol. The summed E-state index contributed by atoms with van der Waals surface area (Å²) in [6, 6.07) is 3.82. The summed E-state index contributed by atoms with van der Waals surface area (Å²) >= 11 is 9.11. The molecular weight excluding hydrogens is 343 g/mol. The van der Waals surface area contributed by atoms with Gasteiger partial charge in [-0.15, -0.1) is 11.6 Å². The minimum atomic E-state index is -0.233. The van der Waals surface area contributed by atoms with Crippen molar-refractivity contribution in [3.63, 3.8) is 0 Å². The van der Waals surface area contributed by atoms with Crippen LogP contribution in [-0.2, 0) is 6.42 Å². The van der Waals surface area contributed by atoms with Gasteiger partial charge in [0.25, 0.3) is 0 Å². The van der Waals surface area contributed by atoms with E-state index in [0.29, 0.717) is 22.3 Å². The van der Waals surface area contributed by atoms with Gasteiger partial charge < -0.3 is 4.57 Å². The number of alkyl halides is 1. The van der Waals surface area contributed by atoms with E-state index in [2.05, 4.69) is 32.4 Å². The van der Waals surface area contributed by atoms with E-state index in [1.54, 1.807) is 12.1 Å². The number of hydrogen-bond acceptors (Lipinski definition) is 1. The zero-order chi connectivity index (χ0) is 14.3. The highest BCUT2D eigenvalue weighted by Crippen LogP contribution is 2.48. The SMILES string of the molecule is CCCC1CC1n1c(CCCl)nc2cc(Br)c(F)cc21. The summed E-state index contributed by atoms with van der Waals surface area (Å²) in [5.41, 5.74) is 1.75. The molecule has 0 spiro atoms. The highest BCUT2D eigenvalue weighted by Gasteiger charge is 2.39. The molecule has 2 unspecified atom stereocenters. The van der Waals surface area contributed by atoms with Crippen molar-refractivity contribution in [1.29, 1.82) is 0 Å². The second kappa shape index (κ2) is 5.64. The predicted octanol–water partition coefficient (Wildman–Crippen LogP) is 5.08. The number of aryl methyl sites for hydroxylation is 1. The van der Waals surface area contributed by atoms with Gasteiger partial charge in [-0.1, -0.05) is 13.3 Å². The van der Waals surface area contributed by atoms with Gasteiger partial charge in [0.1, 0.15) is 11.6 Å². The van der Waals surface area contributed by atoms with Crippen LogP contribution in [0.1, 0.15) is 38.1 Å². The molecule has 0 saturated heterocycles. The average Bonchev–Trinajstić information content (AvgIpc) is 3.07. The van der Waals surface area contributed by atoms with Crippen molar-refractivity contribution in [3.8, 4) is 0 Å². The van der Waals surface area contributed by atoms with Crippen LogP contribution in [0.4, 0.5) is 4.39 Å². The number of benzene rings is 1. The Morgan fingerprint density at radius 1 is 1.50 bits per heavy atom. The second-order valence-electron chi connectivity index (χ2n) is 5.44. The molecule has 1 saturated carbocycles. The van der Waals surface area contributed by atoms with Crippen molar-refractivity contribution in [3.05, 3.63) is 28.2 Å². The van der Waals surface area contributed by atoms with E-state index in [4.69, 9.17) is 11.6 Å². The normalized spacial score (nSPS) is 21.6. The number of nitrogens with zero attached hydrogens (tertiary/aromatic N) is 2. The molecule has 0 N–H and O–H groups in total. The molecule has 2 aromatic rings. The fraction of sp³-hybridized carbons (Fsp3) is 0.533. The lowest BCUT2D eigenvalue weighted by Crippen LogP contribution is -2.04. The Labute approximate surface area is 131 Å². The van der Waals surface area contributed by atoms with Crippen LogP contribution >= 0.6 is 27.5 Å². The quantitative estimate of drug-likeness (QED) is 0.681. The molecule has 1 aliphatic rings. The lowest BCUT2D eigenvalue weighted by Gasteiger charge is -2.08. The van der Waals surface area contributed by atoms with E-state index < -0.39 is 0 Å². The molecule has 2 atom stereocenters. The molecule has 1 aromatic heterocycles. The Balaban J connectivity index is 2.07. The molecule has 1 aromatic carbocycles. The summed E-state index contributed by atoms with van der Waals surface area (Å²) in [4.78, 5) is 4.64. The van der Waals surface area contributed by atoms with E-state index in [0.717, 1.165) is 23.3 Å². The Morgan fingerprint density at radius 2 is 2.30 bits per heavy atom. The number of hydrogen-bond donors (Lipinski definition) is 0. The summed E-state index contributed by atoms with van der Waals surface area (Å²) in [7, 11) is 0. The first-order valence-electron chi connectivity index (χ1n) is 7.07. The van der Waals surface area contributed by atoms with E-state index in [1.165, 1.54) is 19.3 Å². The Hall–Kier alpha value is -0.610. The van der Waals surface area contributed by atoms with Crippen molar-refractivity contribution in [2.45, 2.75) is 38.6 Å². The van der Waals surface area contributed by atoms with E-state index in [-0.39, 0.29) is 5.82 Å². The lowest BCUT2D eigenvalue weighted by atomic mass is 10.2. The van der Waals surface area contributed by atoms with Gasteiger partial charge in [0, 0.05) is 24.4 Å². The standard InChI is InChI=1S/C15H17BrClFN2/c1-2-3-9-6-13(9)20-14-8-11(18)10(16)7-12(14)19-15(20)4-5-17/h7-9,13H,2-6H2,1H3. The number of fused-ring (bicyclic) bond motifs is 1. The fourth-order valence-corrected chi connectivity index (χ4v) is 3.50. The van der Waals surface area contributed by atoms with Crippen LogP contribution in [0.5, 0.6) is 0 Å². The topological polar surface area (TPSA) is 17.8 Å². The fourth-order valence-electron chi connectivity index (χ4n) is 3.00. The number of rotatable bonds is 5. The highest BCUT2D eigenvalue weighted by molar-refractivity contribution is 9.10. The maximum atomic E-state index is 13.8. The van der Waals surface area contributed by atoms with Gasteiger partial charge in [-0.25, -0.2) is 9.37 Å². The third-order valence-corrected chi connectivity index (χ3v) is 4.80. The van der Waals surface area contributed by atoms with E-state index >= 15 is 0 Å². The predicted molar refractivity (Wildman–Crippen MR) is 83.9 cm³/mol. The molecular formula is C15H17BrClFN2. The second-order valence-corrected chi connectivity index (χ2v) is 6.68. The molecule has 0 bridgehead atoms. The number of halogens is 3. The maximum Gasteiger partial charge on any atom is 0.139 e. The summed E-state index contributed by atoms with van der Waals surface area (Å²) in [6.07, 6.45) is 4.32. The van der Waals surface area contributed by atoms with Crippen LogP contribution in [0.25, 0.3) is 11.0 Å². The average molecular weight is 360 g/mol. The number of imidazole rings is 1. The first-order chi connectivity index (χ1) is 9.65. The van der Waals surface area contributed by atoms with Gasteiger partial charge in [-0.05, 0) is 40.8 Å². The zero-order valence-corrected chi connectivity index (χ0v) is 13.7. The van der Waals surface area contributed by atoms with Gasteiger partial charge in [-0.2, -0.15) is 0 Å². The van der Waals surface area contributed by atoms with Crippen molar-refractivity contribution in [1.82, 2.24) is 9.55 Å². The van der Waals surface area contributed by atoms with Crippen LogP contribution in [0.15, 0.2) is 16.6 Å². The number of aromatic nitrogens is 2. The van der Waals surface area contributed by atoms with Crippen LogP contribution in [0.3, 0.4) is 0 Å². The van der Waals surface area contributed by atoms with Crippen molar-refractivity contribution in [2.75, 3.05) is 5.88 Å². The van der Waals surface area contributed by atoms with Crippen LogP contribution < -0.4 is 0 Å². The van der Waals surface area contributed by atoms with Crippen molar-refractivity contribution < 1.29 is 4.39 Å². The van der Waals surface area contributed by atoms with Crippen LogP contribution in [0, 0.1) is 11.7 Å².